The first kappa shape index (κ1) is 13.9. The number of rotatable bonds is 1. The Morgan fingerprint density at radius 3 is 2.68 bits per heavy atom. The molecule has 0 unspecified atom stereocenters. The molecule has 0 aliphatic carbocycles. The molecule has 0 N–H and O–H groups in total. The van der Waals surface area contributed by atoms with Gasteiger partial charge in [0.05, 0.1) is 11.0 Å². The van der Waals surface area contributed by atoms with Crippen molar-refractivity contribution in [2.45, 2.75) is 6.92 Å². The molecule has 6 nitrogen and oxygen atoms in total. The first-order valence-corrected chi connectivity index (χ1v) is 8.16. The average Bonchev–Trinajstić information content (AvgIpc) is 2.99. The maximum absolute atomic E-state index is 4.89. The number of aromatic nitrogens is 4. The van der Waals surface area contributed by atoms with E-state index in [0.717, 1.165) is 53.2 Å². The SMILES string of the molecule is Cc1cc2nc(N3CCN(C)CC3)c3nncn3c2cc1Br. The molecule has 1 aliphatic rings. The highest BCUT2D eigenvalue weighted by atomic mass is 79.9. The molecule has 1 aromatic carbocycles. The second kappa shape index (κ2) is 5.17. The monoisotopic (exact) mass is 360 g/mol. The molecule has 3 aromatic rings. The number of fused-ring (bicyclic) bond motifs is 3. The Balaban J connectivity index is 1.93. The minimum Gasteiger partial charge on any atom is -0.351 e. The molecule has 22 heavy (non-hydrogen) atoms. The fraction of sp³-hybridized carbons (Fsp3) is 0.400. The minimum absolute atomic E-state index is 0.827. The van der Waals surface area contributed by atoms with E-state index in [9.17, 15) is 0 Å². The number of piperazine rings is 1. The third kappa shape index (κ3) is 2.16. The zero-order valence-electron chi connectivity index (χ0n) is 12.6. The van der Waals surface area contributed by atoms with Crippen LogP contribution in [0, 0.1) is 6.92 Å². The molecule has 4 rings (SSSR count). The van der Waals surface area contributed by atoms with Gasteiger partial charge in [-0.2, -0.15) is 0 Å². The van der Waals surface area contributed by atoms with E-state index in [4.69, 9.17) is 4.98 Å². The van der Waals surface area contributed by atoms with Crippen LogP contribution in [-0.2, 0) is 0 Å². The minimum atomic E-state index is 0.827. The van der Waals surface area contributed by atoms with E-state index in [1.807, 2.05) is 4.40 Å². The first-order chi connectivity index (χ1) is 10.6. The van der Waals surface area contributed by atoms with Gasteiger partial charge in [-0.05, 0) is 31.7 Å². The summed E-state index contributed by atoms with van der Waals surface area (Å²) in [5.74, 6) is 0.930. The maximum Gasteiger partial charge on any atom is 0.204 e. The lowest BCUT2D eigenvalue weighted by Gasteiger charge is -2.33. The van der Waals surface area contributed by atoms with Gasteiger partial charge in [-0.25, -0.2) is 4.98 Å². The van der Waals surface area contributed by atoms with Crippen molar-refractivity contribution in [3.63, 3.8) is 0 Å². The van der Waals surface area contributed by atoms with Gasteiger partial charge in [0.2, 0.25) is 5.65 Å². The van der Waals surface area contributed by atoms with Crippen LogP contribution in [0.1, 0.15) is 5.56 Å². The first-order valence-electron chi connectivity index (χ1n) is 7.36. The Morgan fingerprint density at radius 2 is 1.91 bits per heavy atom. The van der Waals surface area contributed by atoms with E-state index in [0.29, 0.717) is 0 Å². The van der Waals surface area contributed by atoms with Gasteiger partial charge in [0, 0.05) is 30.7 Å². The lowest BCUT2D eigenvalue weighted by molar-refractivity contribution is 0.312. The number of nitrogens with zero attached hydrogens (tertiary/aromatic N) is 6. The molecule has 1 fully saturated rings. The van der Waals surface area contributed by atoms with Gasteiger partial charge in [0.15, 0.2) is 5.82 Å². The van der Waals surface area contributed by atoms with Gasteiger partial charge in [-0.15, -0.1) is 10.2 Å². The molecule has 1 aliphatic heterocycles. The standard InChI is InChI=1S/C15H17BrN6/c1-10-7-12-13(8-11(10)16)22-9-17-19-15(22)14(18-12)21-5-3-20(2)4-6-21/h7-9H,3-6H2,1-2H3. The Hall–Kier alpha value is -1.73. The summed E-state index contributed by atoms with van der Waals surface area (Å²) in [7, 11) is 2.15. The number of anilines is 1. The fourth-order valence-electron chi connectivity index (χ4n) is 2.90. The molecule has 114 valence electrons. The van der Waals surface area contributed by atoms with E-state index in [-0.39, 0.29) is 0 Å². The third-order valence-corrected chi connectivity index (χ3v) is 5.15. The summed E-state index contributed by atoms with van der Waals surface area (Å²) in [6.45, 7) is 6.09. The zero-order valence-corrected chi connectivity index (χ0v) is 14.2. The van der Waals surface area contributed by atoms with Crippen molar-refractivity contribution in [1.29, 1.82) is 0 Å². The van der Waals surface area contributed by atoms with Crippen LogP contribution in [0.4, 0.5) is 5.82 Å². The predicted octanol–water partition coefficient (Wildman–Crippen LogP) is 2.10. The lowest BCUT2D eigenvalue weighted by atomic mass is 10.2. The normalized spacial score (nSPS) is 16.8. The van der Waals surface area contributed by atoms with Gasteiger partial charge < -0.3 is 9.80 Å². The van der Waals surface area contributed by atoms with Crippen molar-refractivity contribution >= 4 is 38.4 Å². The predicted molar refractivity (Wildman–Crippen MR) is 90.4 cm³/mol. The fourth-order valence-corrected chi connectivity index (χ4v) is 3.23. The molecule has 0 radical (unpaired) electrons. The molecular formula is C15H17BrN6. The van der Waals surface area contributed by atoms with Crippen LogP contribution in [0.15, 0.2) is 22.9 Å². The highest BCUT2D eigenvalue weighted by molar-refractivity contribution is 9.10. The van der Waals surface area contributed by atoms with Crippen molar-refractivity contribution in [3.8, 4) is 0 Å². The third-order valence-electron chi connectivity index (χ3n) is 4.29. The smallest absolute Gasteiger partial charge is 0.204 e. The second-order valence-corrected chi connectivity index (χ2v) is 6.69. The Morgan fingerprint density at radius 1 is 1.14 bits per heavy atom. The van der Waals surface area contributed by atoms with E-state index in [1.165, 1.54) is 5.56 Å². The van der Waals surface area contributed by atoms with Gasteiger partial charge in [-0.3, -0.25) is 4.40 Å². The van der Waals surface area contributed by atoms with Crippen molar-refractivity contribution in [2.24, 2.45) is 0 Å². The van der Waals surface area contributed by atoms with E-state index >= 15 is 0 Å². The van der Waals surface area contributed by atoms with Crippen LogP contribution in [0.25, 0.3) is 16.7 Å². The van der Waals surface area contributed by atoms with Crippen molar-refractivity contribution < 1.29 is 0 Å². The number of hydrogen-bond acceptors (Lipinski definition) is 5. The summed E-state index contributed by atoms with van der Waals surface area (Å²) >= 11 is 3.59. The molecule has 0 bridgehead atoms. The topological polar surface area (TPSA) is 49.6 Å². The summed E-state index contributed by atoms with van der Waals surface area (Å²) in [6, 6.07) is 4.19. The largest absolute Gasteiger partial charge is 0.351 e. The number of aryl methyl sites for hydroxylation is 1. The summed E-state index contributed by atoms with van der Waals surface area (Å²) < 4.78 is 3.10. The summed E-state index contributed by atoms with van der Waals surface area (Å²) in [5.41, 5.74) is 4.00. The molecule has 1 saturated heterocycles. The summed E-state index contributed by atoms with van der Waals surface area (Å²) in [6.07, 6.45) is 1.76. The molecule has 7 heteroatoms. The average molecular weight is 361 g/mol. The van der Waals surface area contributed by atoms with Crippen molar-refractivity contribution in [1.82, 2.24) is 24.5 Å². The van der Waals surface area contributed by atoms with Crippen LogP contribution in [0.3, 0.4) is 0 Å². The number of hydrogen-bond donors (Lipinski definition) is 0. The quantitative estimate of drug-likeness (QED) is 0.665. The van der Waals surface area contributed by atoms with Crippen LogP contribution in [0.2, 0.25) is 0 Å². The molecule has 0 atom stereocenters. The number of likely N-dealkylation sites (N-methyl/N-ethyl adjacent to an activating group) is 1. The summed E-state index contributed by atoms with van der Waals surface area (Å²) in [4.78, 5) is 9.53. The van der Waals surface area contributed by atoms with Crippen molar-refractivity contribution in [3.05, 3.63) is 28.5 Å². The number of benzene rings is 1. The van der Waals surface area contributed by atoms with E-state index in [2.05, 4.69) is 62.0 Å². The Kier molecular flexibility index (Phi) is 3.27. The lowest BCUT2D eigenvalue weighted by Crippen LogP contribution is -2.45. The van der Waals surface area contributed by atoms with E-state index in [1.54, 1.807) is 6.33 Å². The molecule has 0 spiro atoms. The van der Waals surface area contributed by atoms with Gasteiger partial charge in [0.25, 0.3) is 0 Å². The van der Waals surface area contributed by atoms with Crippen LogP contribution in [-0.4, -0.2) is 57.7 Å². The van der Waals surface area contributed by atoms with Gasteiger partial charge in [-0.1, -0.05) is 15.9 Å². The van der Waals surface area contributed by atoms with Crippen LogP contribution in [0.5, 0.6) is 0 Å². The molecule has 0 saturated carbocycles. The van der Waals surface area contributed by atoms with Crippen LogP contribution < -0.4 is 4.90 Å². The zero-order chi connectivity index (χ0) is 15.3. The molecule has 0 amide bonds. The Bertz CT molecular complexity index is 850. The van der Waals surface area contributed by atoms with Crippen molar-refractivity contribution in [2.75, 3.05) is 38.1 Å². The van der Waals surface area contributed by atoms with Gasteiger partial charge >= 0.3 is 0 Å². The van der Waals surface area contributed by atoms with Gasteiger partial charge in [0.1, 0.15) is 6.33 Å². The molecular weight excluding hydrogens is 344 g/mol. The summed E-state index contributed by atoms with van der Waals surface area (Å²) in [5, 5.41) is 8.39. The highest BCUT2D eigenvalue weighted by Crippen LogP contribution is 2.28. The van der Waals surface area contributed by atoms with Crippen LogP contribution >= 0.6 is 15.9 Å². The maximum atomic E-state index is 4.89. The highest BCUT2D eigenvalue weighted by Gasteiger charge is 2.20. The molecule has 3 heterocycles. The number of halogens is 1. The molecule has 2 aromatic heterocycles. The Labute approximate surface area is 136 Å². The van der Waals surface area contributed by atoms with E-state index < -0.39 is 0 Å². The second-order valence-electron chi connectivity index (χ2n) is 5.84.